The molecular formula is C30H32P2Zn. The van der Waals surface area contributed by atoms with Crippen molar-refractivity contribution < 1.29 is 19.5 Å². The van der Waals surface area contributed by atoms with Gasteiger partial charge in [0, 0.05) is 0 Å². The van der Waals surface area contributed by atoms with E-state index in [9.17, 15) is 0 Å². The molecule has 33 heavy (non-hydrogen) atoms. The van der Waals surface area contributed by atoms with Crippen molar-refractivity contribution in [2.45, 2.75) is 12.8 Å². The van der Waals surface area contributed by atoms with Crippen LogP contribution < -0.4 is 21.2 Å². The first-order valence-corrected chi connectivity index (χ1v) is 14.2. The number of hydrogen-bond acceptors (Lipinski definition) is 0. The molecular weight excluding hydrogens is 488 g/mol. The Morgan fingerprint density at radius 3 is 0.788 bits per heavy atom. The largest absolute Gasteiger partial charge is 2.00 e. The molecule has 0 aliphatic rings. The van der Waals surface area contributed by atoms with Crippen LogP contribution >= 0.6 is 15.8 Å². The Labute approximate surface area is 216 Å². The minimum Gasteiger partial charge on any atom is -0.343 e. The summed E-state index contributed by atoms with van der Waals surface area (Å²) in [7, 11) is -0.427. The number of benzene rings is 4. The molecule has 0 aliphatic carbocycles. The van der Waals surface area contributed by atoms with Crippen molar-refractivity contribution in [2.75, 3.05) is 12.3 Å². The van der Waals surface area contributed by atoms with Crippen molar-refractivity contribution in [1.29, 1.82) is 0 Å². The van der Waals surface area contributed by atoms with Gasteiger partial charge in [0.15, 0.2) is 0 Å². The predicted molar refractivity (Wildman–Crippen MR) is 148 cm³/mol. The standard InChI is InChI=1S/2C15H16P.Zn/c2*1-2-13-16(14-9-5-3-6-10-14)15-11-7-4-8-12-15;/h2*3-12H,1-2,13H2;/q2*-1;+2. The maximum Gasteiger partial charge on any atom is 2.00 e. The van der Waals surface area contributed by atoms with E-state index in [-0.39, 0.29) is 35.3 Å². The van der Waals surface area contributed by atoms with Crippen LogP contribution in [0.5, 0.6) is 0 Å². The topological polar surface area (TPSA) is 0 Å². The number of rotatable bonds is 8. The van der Waals surface area contributed by atoms with Crippen molar-refractivity contribution >= 4 is 37.1 Å². The fourth-order valence-electron chi connectivity index (χ4n) is 3.56. The molecule has 0 aromatic heterocycles. The molecule has 4 rings (SSSR count). The predicted octanol–water partition coefficient (Wildman–Crippen LogP) is 6.68. The molecule has 0 spiro atoms. The summed E-state index contributed by atoms with van der Waals surface area (Å²) in [5, 5.41) is 5.81. The first-order chi connectivity index (χ1) is 15.8. The molecule has 0 radical (unpaired) electrons. The Morgan fingerprint density at radius 1 is 0.394 bits per heavy atom. The fraction of sp³-hybridized carbons (Fsp3) is 0.133. The summed E-state index contributed by atoms with van der Waals surface area (Å²) in [4.78, 5) is 0. The first-order valence-electron chi connectivity index (χ1n) is 11.2. The Kier molecular flexibility index (Phi) is 13.4. The van der Waals surface area contributed by atoms with Crippen LogP contribution in [0.25, 0.3) is 0 Å². The van der Waals surface area contributed by atoms with Crippen molar-refractivity contribution in [3.8, 4) is 0 Å². The second-order valence-corrected chi connectivity index (χ2v) is 12.0. The van der Waals surface area contributed by atoms with E-state index in [0.29, 0.717) is 0 Å². The second kappa shape index (κ2) is 16.1. The molecule has 164 valence electrons. The minimum atomic E-state index is -0.213. The fourth-order valence-corrected chi connectivity index (χ4v) is 7.95. The summed E-state index contributed by atoms with van der Waals surface area (Å²) >= 11 is 0. The summed E-state index contributed by atoms with van der Waals surface area (Å²) < 4.78 is 0. The zero-order valence-corrected chi connectivity index (χ0v) is 24.1. The molecule has 0 saturated carbocycles. The van der Waals surface area contributed by atoms with Gasteiger partial charge in [0.05, 0.1) is 0 Å². The average molecular weight is 520 g/mol. The first kappa shape index (κ1) is 27.6. The zero-order chi connectivity index (χ0) is 22.4. The SMILES string of the molecule is [CH2-]CCP(c1ccccc1)c1ccccc1.[CH2-]CCP(c1ccccc1)c1ccccc1.[Zn+2]. The van der Waals surface area contributed by atoms with E-state index in [1.807, 2.05) is 0 Å². The summed E-state index contributed by atoms with van der Waals surface area (Å²) in [6, 6.07) is 43.1. The van der Waals surface area contributed by atoms with E-state index in [2.05, 4.69) is 135 Å². The molecule has 0 heterocycles. The van der Waals surface area contributed by atoms with Gasteiger partial charge >= 0.3 is 19.5 Å². The van der Waals surface area contributed by atoms with Crippen LogP contribution in [0.15, 0.2) is 121 Å². The molecule has 0 nitrogen and oxygen atoms in total. The number of hydrogen-bond donors (Lipinski definition) is 0. The van der Waals surface area contributed by atoms with Crippen LogP contribution in [0.1, 0.15) is 12.8 Å². The van der Waals surface area contributed by atoms with Crippen LogP contribution in [-0.4, -0.2) is 12.3 Å². The summed E-state index contributed by atoms with van der Waals surface area (Å²) in [6.07, 6.45) is 4.33. The monoisotopic (exact) mass is 518 g/mol. The van der Waals surface area contributed by atoms with E-state index in [0.717, 1.165) is 12.8 Å². The van der Waals surface area contributed by atoms with Crippen molar-refractivity contribution in [1.82, 2.24) is 0 Å². The Hall–Kier alpha value is -1.64. The molecule has 0 aliphatic heterocycles. The van der Waals surface area contributed by atoms with Crippen LogP contribution in [0.4, 0.5) is 0 Å². The third-order valence-electron chi connectivity index (χ3n) is 5.03. The molecule has 3 heteroatoms. The van der Waals surface area contributed by atoms with Gasteiger partial charge in [-0.2, -0.15) is 12.8 Å². The molecule has 0 N–H and O–H groups in total. The van der Waals surface area contributed by atoms with Gasteiger partial charge in [0.1, 0.15) is 0 Å². The van der Waals surface area contributed by atoms with Crippen molar-refractivity contribution in [3.05, 3.63) is 135 Å². The Bertz CT molecular complexity index is 828. The van der Waals surface area contributed by atoms with Gasteiger partial charge in [0.25, 0.3) is 0 Å². The maximum atomic E-state index is 3.99. The van der Waals surface area contributed by atoms with E-state index < -0.39 is 0 Å². The van der Waals surface area contributed by atoms with Crippen molar-refractivity contribution in [3.63, 3.8) is 0 Å². The van der Waals surface area contributed by atoms with Gasteiger partial charge in [-0.15, -0.1) is 0 Å². The minimum absolute atomic E-state index is 0. The van der Waals surface area contributed by atoms with E-state index in [1.54, 1.807) is 0 Å². The summed E-state index contributed by atoms with van der Waals surface area (Å²) in [5.74, 6) is 0. The molecule has 0 saturated heterocycles. The van der Waals surface area contributed by atoms with Gasteiger partial charge in [-0.3, -0.25) is 0 Å². The van der Waals surface area contributed by atoms with Gasteiger partial charge in [-0.25, -0.2) is 0 Å². The third kappa shape index (κ3) is 8.91. The van der Waals surface area contributed by atoms with Gasteiger partial charge in [-0.1, -0.05) is 134 Å². The molecule has 0 amide bonds. The van der Waals surface area contributed by atoms with Crippen LogP contribution in [0.2, 0.25) is 0 Å². The van der Waals surface area contributed by atoms with Crippen LogP contribution in [0.3, 0.4) is 0 Å². The zero-order valence-electron chi connectivity index (χ0n) is 19.4. The Balaban J connectivity index is 0.000000227. The summed E-state index contributed by atoms with van der Waals surface area (Å²) in [5.41, 5.74) is 0. The van der Waals surface area contributed by atoms with Crippen LogP contribution in [0, 0.1) is 13.8 Å². The quantitative estimate of drug-likeness (QED) is 0.138. The maximum absolute atomic E-state index is 3.99. The summed E-state index contributed by atoms with van der Waals surface area (Å²) in [6.45, 7) is 7.99. The Morgan fingerprint density at radius 2 is 0.606 bits per heavy atom. The molecule has 4 aromatic rings. The smallest absolute Gasteiger partial charge is 0.343 e. The van der Waals surface area contributed by atoms with Gasteiger partial charge < -0.3 is 13.8 Å². The van der Waals surface area contributed by atoms with E-state index >= 15 is 0 Å². The van der Waals surface area contributed by atoms with E-state index in [4.69, 9.17) is 0 Å². The third-order valence-corrected chi connectivity index (χ3v) is 10.2. The second-order valence-electron chi connectivity index (χ2n) is 7.35. The molecule has 0 atom stereocenters. The van der Waals surface area contributed by atoms with Crippen molar-refractivity contribution in [2.24, 2.45) is 0 Å². The van der Waals surface area contributed by atoms with Crippen LogP contribution in [-0.2, 0) is 19.5 Å². The normalized spacial score (nSPS) is 10.3. The van der Waals surface area contributed by atoms with Gasteiger partial charge in [-0.05, 0) is 37.1 Å². The molecule has 0 bridgehead atoms. The molecule has 4 aromatic carbocycles. The molecule has 0 unspecified atom stereocenters. The average Bonchev–Trinajstić information content (AvgIpc) is 2.88. The molecule has 0 fully saturated rings. The van der Waals surface area contributed by atoms with Gasteiger partial charge in [0.2, 0.25) is 0 Å². The van der Waals surface area contributed by atoms with E-state index in [1.165, 1.54) is 33.5 Å².